The fraction of sp³-hybridized carbons (Fsp3) is 1.00. The maximum atomic E-state index is 5.68. The maximum Gasteiger partial charge on any atom is 0.103 e. The molecular formula is C6H14Cl2N2O2. The van der Waals surface area contributed by atoms with Crippen LogP contribution in [0.25, 0.3) is 0 Å². The van der Waals surface area contributed by atoms with Crippen LogP contribution in [0.2, 0.25) is 0 Å². The molecule has 4 nitrogen and oxygen atoms in total. The van der Waals surface area contributed by atoms with Gasteiger partial charge in [-0.2, -0.15) is 0 Å². The van der Waals surface area contributed by atoms with Gasteiger partial charge in [-0.05, 0) is 0 Å². The first-order chi connectivity index (χ1) is 4.79. The number of nitrogens with two attached hydrogens (primary N) is 2. The molecule has 2 saturated heterocycles. The molecule has 0 aromatic rings. The first-order valence-corrected chi connectivity index (χ1v) is 3.53. The average Bonchev–Trinajstić information content (AvgIpc) is 2.41. The monoisotopic (exact) mass is 216 g/mol. The van der Waals surface area contributed by atoms with Crippen molar-refractivity contribution >= 4 is 24.8 Å². The van der Waals surface area contributed by atoms with Crippen molar-refractivity contribution in [3.63, 3.8) is 0 Å². The summed E-state index contributed by atoms with van der Waals surface area (Å²) in [7, 11) is 0. The molecular weight excluding hydrogens is 203 g/mol. The van der Waals surface area contributed by atoms with Crippen LogP contribution in [0.15, 0.2) is 0 Å². The molecule has 0 unspecified atom stereocenters. The second-order valence-electron chi connectivity index (χ2n) is 2.92. The number of hydrogen-bond donors (Lipinski definition) is 2. The van der Waals surface area contributed by atoms with Crippen LogP contribution in [-0.4, -0.2) is 37.5 Å². The summed E-state index contributed by atoms with van der Waals surface area (Å²) in [4.78, 5) is 0. The minimum absolute atomic E-state index is 0. The Kier molecular flexibility index (Phi) is 4.76. The molecule has 0 spiro atoms. The minimum atomic E-state index is 0. The van der Waals surface area contributed by atoms with Crippen molar-refractivity contribution in [1.29, 1.82) is 0 Å². The Balaban J connectivity index is 0.000000605. The Hall–Kier alpha value is 0.420. The highest BCUT2D eigenvalue weighted by Crippen LogP contribution is 2.24. The first kappa shape index (κ1) is 12.4. The Labute approximate surface area is 83.8 Å². The van der Waals surface area contributed by atoms with Gasteiger partial charge in [0.05, 0.1) is 25.3 Å². The normalized spacial score (nSPS) is 44.5. The number of rotatable bonds is 0. The lowest BCUT2D eigenvalue weighted by molar-refractivity contribution is 0.0691. The van der Waals surface area contributed by atoms with Gasteiger partial charge in [-0.3, -0.25) is 0 Å². The SMILES string of the molecule is Cl.Cl.N[C@H]1CO[C@H]2[C@@H]1OC[C@@H]2N. The molecule has 4 N–H and O–H groups in total. The van der Waals surface area contributed by atoms with E-state index < -0.39 is 0 Å². The largest absolute Gasteiger partial charge is 0.372 e. The van der Waals surface area contributed by atoms with E-state index in [2.05, 4.69) is 0 Å². The molecule has 2 heterocycles. The Morgan fingerprint density at radius 3 is 1.50 bits per heavy atom. The van der Waals surface area contributed by atoms with Gasteiger partial charge in [-0.1, -0.05) is 0 Å². The molecule has 6 heteroatoms. The fourth-order valence-corrected chi connectivity index (χ4v) is 1.56. The van der Waals surface area contributed by atoms with Gasteiger partial charge in [0.15, 0.2) is 0 Å². The van der Waals surface area contributed by atoms with Gasteiger partial charge in [0.25, 0.3) is 0 Å². The van der Waals surface area contributed by atoms with Crippen molar-refractivity contribution in [3.05, 3.63) is 0 Å². The lowest BCUT2D eigenvalue weighted by Crippen LogP contribution is -2.39. The van der Waals surface area contributed by atoms with E-state index in [1.807, 2.05) is 0 Å². The molecule has 2 aliphatic heterocycles. The lowest BCUT2D eigenvalue weighted by Gasteiger charge is -2.10. The van der Waals surface area contributed by atoms with Crippen LogP contribution in [0, 0.1) is 0 Å². The summed E-state index contributed by atoms with van der Waals surface area (Å²) in [5, 5.41) is 0. The van der Waals surface area contributed by atoms with E-state index in [0.29, 0.717) is 13.2 Å². The van der Waals surface area contributed by atoms with Crippen molar-refractivity contribution in [1.82, 2.24) is 0 Å². The van der Waals surface area contributed by atoms with Crippen LogP contribution in [-0.2, 0) is 9.47 Å². The highest BCUT2D eigenvalue weighted by molar-refractivity contribution is 5.85. The number of hydrogen-bond acceptors (Lipinski definition) is 4. The standard InChI is InChI=1S/C6H12N2O2.2ClH/c7-3-1-9-6-4(8)2-10-5(3)6;;/h3-6H,1-2,7-8H2;2*1H/t3-,4-,5+,6+;;/m0../s1. The molecule has 0 saturated carbocycles. The van der Waals surface area contributed by atoms with Crippen LogP contribution >= 0.6 is 24.8 Å². The molecule has 12 heavy (non-hydrogen) atoms. The third-order valence-corrected chi connectivity index (χ3v) is 2.13. The van der Waals surface area contributed by atoms with Gasteiger partial charge in [-0.15, -0.1) is 24.8 Å². The zero-order valence-corrected chi connectivity index (χ0v) is 8.14. The minimum Gasteiger partial charge on any atom is -0.372 e. The van der Waals surface area contributed by atoms with Gasteiger partial charge < -0.3 is 20.9 Å². The molecule has 2 aliphatic rings. The summed E-state index contributed by atoms with van der Waals surface area (Å²) in [5.41, 5.74) is 11.4. The van der Waals surface area contributed by atoms with Crippen molar-refractivity contribution in [3.8, 4) is 0 Å². The summed E-state index contributed by atoms with van der Waals surface area (Å²) in [5.74, 6) is 0. The zero-order chi connectivity index (χ0) is 7.14. The summed E-state index contributed by atoms with van der Waals surface area (Å²) < 4.78 is 10.7. The van der Waals surface area contributed by atoms with E-state index in [0.717, 1.165) is 0 Å². The molecule has 0 amide bonds. The van der Waals surface area contributed by atoms with Crippen molar-refractivity contribution < 1.29 is 9.47 Å². The van der Waals surface area contributed by atoms with E-state index in [1.165, 1.54) is 0 Å². The summed E-state index contributed by atoms with van der Waals surface area (Å²) in [6.07, 6.45) is 0.102. The number of fused-ring (bicyclic) bond motifs is 1. The number of halogens is 2. The zero-order valence-electron chi connectivity index (χ0n) is 6.51. The predicted molar refractivity (Wildman–Crippen MR) is 49.9 cm³/mol. The second-order valence-corrected chi connectivity index (χ2v) is 2.92. The third-order valence-electron chi connectivity index (χ3n) is 2.13. The maximum absolute atomic E-state index is 5.68. The van der Waals surface area contributed by atoms with Crippen LogP contribution in [0.1, 0.15) is 0 Å². The highest BCUT2D eigenvalue weighted by Gasteiger charge is 2.44. The van der Waals surface area contributed by atoms with Crippen LogP contribution < -0.4 is 11.5 Å². The van der Waals surface area contributed by atoms with Gasteiger partial charge >= 0.3 is 0 Å². The summed E-state index contributed by atoms with van der Waals surface area (Å²) in [6.45, 7) is 1.17. The quantitative estimate of drug-likeness (QED) is 0.561. The highest BCUT2D eigenvalue weighted by atomic mass is 35.5. The van der Waals surface area contributed by atoms with Crippen molar-refractivity contribution in [2.45, 2.75) is 24.3 Å². The van der Waals surface area contributed by atoms with Crippen molar-refractivity contribution in [2.24, 2.45) is 11.5 Å². The Bertz CT molecular complexity index is 134. The van der Waals surface area contributed by atoms with Crippen LogP contribution in [0.4, 0.5) is 0 Å². The smallest absolute Gasteiger partial charge is 0.103 e. The Morgan fingerprint density at radius 2 is 1.17 bits per heavy atom. The molecule has 0 bridgehead atoms. The fourth-order valence-electron chi connectivity index (χ4n) is 1.56. The van der Waals surface area contributed by atoms with E-state index >= 15 is 0 Å². The molecule has 0 aromatic heterocycles. The second kappa shape index (κ2) is 4.60. The number of ether oxygens (including phenoxy) is 2. The van der Waals surface area contributed by atoms with E-state index in [-0.39, 0.29) is 49.1 Å². The molecule has 0 radical (unpaired) electrons. The van der Waals surface area contributed by atoms with Gasteiger partial charge in [0.2, 0.25) is 0 Å². The van der Waals surface area contributed by atoms with Crippen molar-refractivity contribution in [2.75, 3.05) is 13.2 Å². The molecule has 0 aromatic carbocycles. The summed E-state index contributed by atoms with van der Waals surface area (Å²) in [6, 6.07) is 0.0529. The van der Waals surface area contributed by atoms with E-state index in [9.17, 15) is 0 Å². The van der Waals surface area contributed by atoms with Gasteiger partial charge in [0, 0.05) is 0 Å². The summed E-state index contributed by atoms with van der Waals surface area (Å²) >= 11 is 0. The third kappa shape index (κ3) is 1.84. The van der Waals surface area contributed by atoms with Gasteiger partial charge in [0.1, 0.15) is 12.2 Å². The molecule has 4 atom stereocenters. The predicted octanol–water partition coefficient (Wildman–Crippen LogP) is -0.718. The van der Waals surface area contributed by atoms with E-state index in [4.69, 9.17) is 20.9 Å². The van der Waals surface area contributed by atoms with Crippen LogP contribution in [0.5, 0.6) is 0 Å². The first-order valence-electron chi connectivity index (χ1n) is 3.53. The lowest BCUT2D eigenvalue weighted by atomic mass is 10.1. The average molecular weight is 217 g/mol. The molecule has 0 aliphatic carbocycles. The topological polar surface area (TPSA) is 70.5 Å². The van der Waals surface area contributed by atoms with Crippen LogP contribution in [0.3, 0.4) is 0 Å². The molecule has 2 rings (SSSR count). The van der Waals surface area contributed by atoms with Gasteiger partial charge in [-0.25, -0.2) is 0 Å². The van der Waals surface area contributed by atoms with E-state index in [1.54, 1.807) is 0 Å². The molecule has 2 fully saturated rings. The molecule has 74 valence electrons. The Morgan fingerprint density at radius 1 is 0.833 bits per heavy atom.